The van der Waals surface area contributed by atoms with E-state index in [0.29, 0.717) is 34.0 Å². The summed E-state index contributed by atoms with van der Waals surface area (Å²) in [5.41, 5.74) is 0. The molecule has 0 aromatic heterocycles. The minimum Gasteiger partial charge on any atom is -0.160 e. The van der Waals surface area contributed by atoms with Gasteiger partial charge in [0.15, 0.2) is 0 Å². The first-order valence-electron chi connectivity index (χ1n) is 5.33. The molecule has 0 aliphatic rings. The predicted molar refractivity (Wildman–Crippen MR) is 92.7 cm³/mol. The lowest BCUT2D eigenvalue weighted by molar-refractivity contribution is 1.08. The molecule has 2 atom stereocenters. The van der Waals surface area contributed by atoms with Crippen LogP contribution in [0.15, 0.2) is 0 Å². The van der Waals surface area contributed by atoms with E-state index in [-0.39, 0.29) is 0 Å². The van der Waals surface area contributed by atoms with Crippen LogP contribution in [0, 0.1) is 0 Å². The Balaban J connectivity index is 3.77. The van der Waals surface area contributed by atoms with Crippen LogP contribution in [0.5, 0.6) is 0 Å². The van der Waals surface area contributed by atoms with Crippen molar-refractivity contribution in [1.29, 1.82) is 0 Å². The van der Waals surface area contributed by atoms with Crippen LogP contribution in [0.3, 0.4) is 0 Å². The van der Waals surface area contributed by atoms with Crippen molar-refractivity contribution >= 4 is 81.7 Å². The van der Waals surface area contributed by atoms with Crippen molar-refractivity contribution in [3.8, 4) is 0 Å². The van der Waals surface area contributed by atoms with E-state index in [1.54, 1.807) is 0 Å². The van der Waals surface area contributed by atoms with Gasteiger partial charge in [0.05, 0.1) is 0 Å². The molecule has 0 bridgehead atoms. The Bertz CT molecular complexity index is 146. The Morgan fingerprint density at radius 2 is 1.12 bits per heavy atom. The second kappa shape index (κ2) is 14.6. The molecular formula is C10H18Cl4S3. The molecule has 0 saturated heterocycles. The second-order valence-corrected chi connectivity index (χ2v) is 8.49. The zero-order chi connectivity index (χ0) is 12.9. The van der Waals surface area contributed by atoms with Crippen molar-refractivity contribution in [2.45, 2.75) is 10.5 Å². The number of hydrogen-bond donors (Lipinski definition) is 0. The first-order chi connectivity index (χ1) is 8.28. The van der Waals surface area contributed by atoms with Crippen molar-refractivity contribution in [1.82, 2.24) is 0 Å². The van der Waals surface area contributed by atoms with Gasteiger partial charge in [0.2, 0.25) is 0 Å². The molecule has 0 aromatic rings. The molecule has 0 aromatic carbocycles. The summed E-state index contributed by atoms with van der Waals surface area (Å²) in [5.74, 6) is 6.83. The molecule has 0 aliphatic carbocycles. The first kappa shape index (κ1) is 19.2. The number of halogens is 4. The van der Waals surface area contributed by atoms with E-state index in [2.05, 4.69) is 0 Å². The summed E-state index contributed by atoms with van der Waals surface area (Å²) in [6.07, 6.45) is 0. The fraction of sp³-hybridized carbons (Fsp3) is 1.00. The van der Waals surface area contributed by atoms with E-state index >= 15 is 0 Å². The highest BCUT2D eigenvalue weighted by Gasteiger charge is 2.16. The van der Waals surface area contributed by atoms with Crippen LogP contribution in [-0.2, 0) is 0 Å². The largest absolute Gasteiger partial charge is 0.160 e. The molecule has 0 N–H and O–H groups in total. The average Bonchev–Trinajstić information content (AvgIpc) is 2.36. The van der Waals surface area contributed by atoms with Crippen molar-refractivity contribution in [3.05, 3.63) is 0 Å². The summed E-state index contributed by atoms with van der Waals surface area (Å²) < 4.78 is 0. The van der Waals surface area contributed by atoms with Crippen LogP contribution in [0.4, 0.5) is 0 Å². The molecule has 0 spiro atoms. The predicted octanol–water partition coefficient (Wildman–Crippen LogP) is 4.88. The average molecular weight is 376 g/mol. The molecule has 104 valence electrons. The molecule has 0 aliphatic heterocycles. The van der Waals surface area contributed by atoms with Gasteiger partial charge in [-0.15, -0.1) is 46.4 Å². The Morgan fingerprint density at radius 3 is 1.41 bits per heavy atom. The standard InChI is InChI=1S/C10H18Cl4S3/c11-1-3-15-7-9(5-13)17-10(6-14)8-16-4-2-12/h9-10H,1-8H2. The van der Waals surface area contributed by atoms with Crippen LogP contribution in [-0.4, -0.2) is 57.0 Å². The molecular weight excluding hydrogens is 358 g/mol. The Kier molecular flexibility index (Phi) is 16.5. The van der Waals surface area contributed by atoms with E-state index in [9.17, 15) is 0 Å². The summed E-state index contributed by atoms with van der Waals surface area (Å²) in [4.78, 5) is 0. The maximum absolute atomic E-state index is 5.97. The van der Waals surface area contributed by atoms with Gasteiger partial charge in [-0.2, -0.15) is 35.3 Å². The summed E-state index contributed by atoms with van der Waals surface area (Å²) in [6, 6.07) is 0. The summed E-state index contributed by atoms with van der Waals surface area (Å²) in [7, 11) is 0. The normalized spacial score (nSPS) is 14.8. The van der Waals surface area contributed by atoms with Crippen LogP contribution in [0.25, 0.3) is 0 Å². The van der Waals surface area contributed by atoms with Gasteiger partial charge in [-0.3, -0.25) is 0 Å². The fourth-order valence-electron chi connectivity index (χ4n) is 1.05. The van der Waals surface area contributed by atoms with E-state index in [1.807, 2.05) is 35.3 Å². The van der Waals surface area contributed by atoms with Gasteiger partial charge < -0.3 is 0 Å². The zero-order valence-corrected chi connectivity index (χ0v) is 15.0. The van der Waals surface area contributed by atoms with Crippen molar-refractivity contribution in [3.63, 3.8) is 0 Å². The van der Waals surface area contributed by atoms with Gasteiger partial charge in [0, 0.05) is 57.0 Å². The van der Waals surface area contributed by atoms with E-state index in [0.717, 1.165) is 23.0 Å². The van der Waals surface area contributed by atoms with Gasteiger partial charge in [-0.1, -0.05) is 0 Å². The maximum Gasteiger partial charge on any atom is 0.0350 e. The Hall–Kier alpha value is 2.21. The third-order valence-corrected chi connectivity index (χ3v) is 7.84. The number of rotatable bonds is 12. The summed E-state index contributed by atoms with van der Waals surface area (Å²) >= 11 is 28.9. The zero-order valence-electron chi connectivity index (χ0n) is 9.55. The van der Waals surface area contributed by atoms with Gasteiger partial charge in [0.25, 0.3) is 0 Å². The van der Waals surface area contributed by atoms with Crippen molar-refractivity contribution in [2.24, 2.45) is 0 Å². The highest BCUT2D eigenvalue weighted by atomic mass is 35.5. The van der Waals surface area contributed by atoms with Crippen molar-refractivity contribution < 1.29 is 0 Å². The quantitative estimate of drug-likeness (QED) is 0.352. The summed E-state index contributed by atoms with van der Waals surface area (Å²) in [5, 5.41) is 0.926. The van der Waals surface area contributed by atoms with Gasteiger partial charge in [-0.25, -0.2) is 0 Å². The van der Waals surface area contributed by atoms with Gasteiger partial charge >= 0.3 is 0 Å². The molecule has 0 amide bonds. The molecule has 0 saturated carbocycles. The lowest BCUT2D eigenvalue weighted by Gasteiger charge is -2.19. The third kappa shape index (κ3) is 11.7. The molecule has 0 heterocycles. The molecule has 2 unspecified atom stereocenters. The first-order valence-corrected chi connectivity index (χ1v) is 10.7. The maximum atomic E-state index is 5.97. The van der Waals surface area contributed by atoms with Crippen molar-refractivity contribution in [2.75, 3.05) is 46.5 Å². The van der Waals surface area contributed by atoms with Gasteiger partial charge in [0.1, 0.15) is 0 Å². The molecule has 0 nitrogen and oxygen atoms in total. The molecule has 17 heavy (non-hydrogen) atoms. The van der Waals surface area contributed by atoms with Crippen LogP contribution >= 0.6 is 81.7 Å². The fourth-order valence-corrected chi connectivity index (χ4v) is 5.83. The monoisotopic (exact) mass is 374 g/mol. The summed E-state index contributed by atoms with van der Waals surface area (Å²) in [6.45, 7) is 0. The molecule has 0 fully saturated rings. The third-order valence-electron chi connectivity index (χ3n) is 1.78. The number of hydrogen-bond acceptors (Lipinski definition) is 3. The second-order valence-electron chi connectivity index (χ2n) is 3.22. The van der Waals surface area contributed by atoms with E-state index < -0.39 is 0 Å². The molecule has 0 rings (SSSR count). The highest BCUT2D eigenvalue weighted by Crippen LogP contribution is 2.26. The number of thioether (sulfide) groups is 3. The number of alkyl halides is 4. The topological polar surface area (TPSA) is 0 Å². The minimum absolute atomic E-state index is 0.463. The van der Waals surface area contributed by atoms with Gasteiger partial charge in [-0.05, 0) is 0 Å². The lowest BCUT2D eigenvalue weighted by atomic mass is 10.5. The lowest BCUT2D eigenvalue weighted by Crippen LogP contribution is -2.18. The molecule has 7 heteroatoms. The Morgan fingerprint density at radius 1 is 0.706 bits per heavy atom. The van der Waals surface area contributed by atoms with E-state index in [1.165, 1.54) is 0 Å². The SMILES string of the molecule is ClCCSCC(CCl)SC(CCl)CSCCCl. The smallest absolute Gasteiger partial charge is 0.0350 e. The van der Waals surface area contributed by atoms with Crippen LogP contribution in [0.1, 0.15) is 0 Å². The Labute approximate surface area is 138 Å². The van der Waals surface area contributed by atoms with Crippen LogP contribution in [0.2, 0.25) is 0 Å². The van der Waals surface area contributed by atoms with E-state index in [4.69, 9.17) is 46.4 Å². The molecule has 0 radical (unpaired) electrons. The van der Waals surface area contributed by atoms with Crippen LogP contribution < -0.4 is 0 Å². The minimum atomic E-state index is 0.463. The highest BCUT2D eigenvalue weighted by molar-refractivity contribution is 8.05.